The quantitative estimate of drug-likeness (QED) is 0.343. The molecule has 0 atom stereocenters. The van der Waals surface area contributed by atoms with E-state index in [1.807, 2.05) is 18.2 Å². The highest BCUT2D eigenvalue weighted by molar-refractivity contribution is 6.16. The second-order valence-electron chi connectivity index (χ2n) is 5.95. The van der Waals surface area contributed by atoms with E-state index in [9.17, 15) is 0 Å². The first-order valence-electron chi connectivity index (χ1n) is 7.46. The van der Waals surface area contributed by atoms with Crippen LogP contribution in [0.1, 0.15) is 11.1 Å². The van der Waals surface area contributed by atoms with Crippen LogP contribution in [0.2, 0.25) is 0 Å². The summed E-state index contributed by atoms with van der Waals surface area (Å²) in [7, 11) is 0. The Kier molecular flexibility index (Phi) is 2.11. The molecule has 2 aromatic heterocycles. The van der Waals surface area contributed by atoms with Crippen molar-refractivity contribution >= 4 is 43.9 Å². The van der Waals surface area contributed by atoms with Gasteiger partial charge in [0.05, 0.1) is 0 Å². The fourth-order valence-corrected chi connectivity index (χ4v) is 3.39. The van der Waals surface area contributed by atoms with Crippen LogP contribution in [0.15, 0.2) is 57.4 Å². The fraction of sp³-hybridized carbons (Fsp3) is 0.100. The Balaban J connectivity index is 2.08. The molecule has 0 radical (unpaired) electrons. The fourth-order valence-electron chi connectivity index (χ4n) is 3.39. The van der Waals surface area contributed by atoms with Crippen LogP contribution in [0.5, 0.6) is 0 Å². The van der Waals surface area contributed by atoms with E-state index < -0.39 is 0 Å². The smallest absolute Gasteiger partial charge is 0.142 e. The minimum Gasteiger partial charge on any atom is -0.456 e. The van der Waals surface area contributed by atoms with Crippen molar-refractivity contribution in [1.29, 1.82) is 0 Å². The van der Waals surface area contributed by atoms with Crippen molar-refractivity contribution in [2.75, 3.05) is 0 Å². The molecule has 0 N–H and O–H groups in total. The minimum atomic E-state index is 0.921. The van der Waals surface area contributed by atoms with Crippen molar-refractivity contribution in [3.05, 3.63) is 59.7 Å². The maximum atomic E-state index is 6.08. The van der Waals surface area contributed by atoms with Crippen molar-refractivity contribution in [2.24, 2.45) is 0 Å². The van der Waals surface area contributed by atoms with Crippen LogP contribution in [0, 0.1) is 13.8 Å². The summed E-state index contributed by atoms with van der Waals surface area (Å²) in [5, 5.41) is 4.65. The molecule has 5 rings (SSSR count). The first-order valence-corrected chi connectivity index (χ1v) is 7.46. The number of aryl methyl sites for hydroxylation is 2. The van der Waals surface area contributed by atoms with Gasteiger partial charge in [-0.2, -0.15) is 0 Å². The topological polar surface area (TPSA) is 26.3 Å². The summed E-state index contributed by atoms with van der Waals surface area (Å²) in [5.74, 6) is 0. The number of fused-ring (bicyclic) bond motifs is 6. The van der Waals surface area contributed by atoms with Gasteiger partial charge in [-0.15, -0.1) is 0 Å². The normalized spacial score (nSPS) is 12.1. The van der Waals surface area contributed by atoms with Crippen molar-refractivity contribution < 1.29 is 8.83 Å². The Morgan fingerprint density at radius 3 is 2.14 bits per heavy atom. The van der Waals surface area contributed by atoms with E-state index in [-0.39, 0.29) is 0 Å². The predicted molar refractivity (Wildman–Crippen MR) is 90.5 cm³/mol. The van der Waals surface area contributed by atoms with Gasteiger partial charge >= 0.3 is 0 Å². The van der Waals surface area contributed by atoms with E-state index >= 15 is 0 Å². The van der Waals surface area contributed by atoms with Crippen LogP contribution in [0.25, 0.3) is 43.9 Å². The van der Waals surface area contributed by atoms with Crippen LogP contribution < -0.4 is 0 Å². The Hall–Kier alpha value is -2.74. The molecule has 0 amide bonds. The highest BCUT2D eigenvalue weighted by Crippen LogP contribution is 2.39. The molecule has 22 heavy (non-hydrogen) atoms. The van der Waals surface area contributed by atoms with E-state index in [0.29, 0.717) is 0 Å². The molecule has 2 heterocycles. The predicted octanol–water partition coefficient (Wildman–Crippen LogP) is 6.10. The highest BCUT2D eigenvalue weighted by Gasteiger charge is 2.16. The number of rotatable bonds is 0. The second kappa shape index (κ2) is 3.92. The monoisotopic (exact) mass is 286 g/mol. The molecule has 3 aromatic carbocycles. The summed E-state index contributed by atoms with van der Waals surface area (Å²) in [4.78, 5) is 0. The average Bonchev–Trinajstić information content (AvgIpc) is 3.07. The van der Waals surface area contributed by atoms with Gasteiger partial charge in [0.15, 0.2) is 0 Å². The lowest BCUT2D eigenvalue weighted by atomic mass is 10.0. The molecule has 0 saturated heterocycles. The number of hydrogen-bond acceptors (Lipinski definition) is 2. The van der Waals surface area contributed by atoms with Gasteiger partial charge in [-0.25, -0.2) is 0 Å². The molecule has 0 fully saturated rings. The second-order valence-corrected chi connectivity index (χ2v) is 5.95. The van der Waals surface area contributed by atoms with Crippen molar-refractivity contribution in [3.8, 4) is 0 Å². The van der Waals surface area contributed by atoms with Crippen LogP contribution >= 0.6 is 0 Å². The van der Waals surface area contributed by atoms with E-state index in [1.54, 1.807) is 0 Å². The van der Waals surface area contributed by atoms with Gasteiger partial charge in [0, 0.05) is 27.1 Å². The van der Waals surface area contributed by atoms with Gasteiger partial charge in [0.25, 0.3) is 0 Å². The third-order valence-corrected chi connectivity index (χ3v) is 4.49. The molecular weight excluding hydrogens is 272 g/mol. The third kappa shape index (κ3) is 1.39. The van der Waals surface area contributed by atoms with Crippen molar-refractivity contribution in [1.82, 2.24) is 0 Å². The lowest BCUT2D eigenvalue weighted by molar-refractivity contribution is 0.650. The van der Waals surface area contributed by atoms with Crippen LogP contribution in [-0.2, 0) is 0 Å². The molecule has 0 bridgehead atoms. The molecule has 0 aliphatic carbocycles. The van der Waals surface area contributed by atoms with Crippen LogP contribution in [-0.4, -0.2) is 0 Å². The first-order chi connectivity index (χ1) is 10.7. The molecule has 106 valence electrons. The number of hydrogen-bond donors (Lipinski definition) is 0. The Labute approximate surface area is 126 Å². The lowest BCUT2D eigenvalue weighted by Crippen LogP contribution is -1.76. The first kappa shape index (κ1) is 11.9. The standard InChI is InChI=1S/C20H14O2/c1-11-7-8-18-14(9-11)16-10-15-13-5-3-4-6-17(13)21-19(15)12(2)20(16)22-18/h3-10H,1-2H3. The van der Waals surface area contributed by atoms with Crippen LogP contribution in [0.3, 0.4) is 0 Å². The Morgan fingerprint density at radius 2 is 1.32 bits per heavy atom. The van der Waals surface area contributed by atoms with E-state index in [0.717, 1.165) is 44.1 Å². The van der Waals surface area contributed by atoms with Gasteiger partial charge in [0.2, 0.25) is 0 Å². The summed E-state index contributed by atoms with van der Waals surface area (Å²) in [6.45, 7) is 4.18. The summed E-state index contributed by atoms with van der Waals surface area (Å²) >= 11 is 0. The van der Waals surface area contributed by atoms with Crippen LogP contribution in [0.4, 0.5) is 0 Å². The third-order valence-electron chi connectivity index (χ3n) is 4.49. The average molecular weight is 286 g/mol. The molecule has 0 aliphatic rings. The molecule has 2 heteroatoms. The number of para-hydroxylation sites is 1. The maximum absolute atomic E-state index is 6.08. The zero-order valence-corrected chi connectivity index (χ0v) is 12.4. The number of benzene rings is 3. The number of furan rings is 2. The molecule has 0 aliphatic heterocycles. The molecule has 5 aromatic rings. The van der Waals surface area contributed by atoms with E-state index in [1.165, 1.54) is 10.9 Å². The van der Waals surface area contributed by atoms with Gasteiger partial charge < -0.3 is 8.83 Å². The van der Waals surface area contributed by atoms with E-state index in [2.05, 4.69) is 44.2 Å². The largest absolute Gasteiger partial charge is 0.456 e. The van der Waals surface area contributed by atoms with Gasteiger partial charge in [-0.3, -0.25) is 0 Å². The zero-order valence-electron chi connectivity index (χ0n) is 12.4. The summed E-state index contributed by atoms with van der Waals surface area (Å²) in [6, 6.07) is 16.7. The SMILES string of the molecule is Cc1ccc2oc3c(C)c4oc5ccccc5c4cc3c2c1. The van der Waals surface area contributed by atoms with E-state index in [4.69, 9.17) is 8.83 Å². The Morgan fingerprint density at radius 1 is 0.636 bits per heavy atom. The molecule has 0 saturated carbocycles. The zero-order chi connectivity index (χ0) is 14.8. The lowest BCUT2D eigenvalue weighted by Gasteiger charge is -1.97. The van der Waals surface area contributed by atoms with Crippen molar-refractivity contribution in [2.45, 2.75) is 13.8 Å². The van der Waals surface area contributed by atoms with Crippen molar-refractivity contribution in [3.63, 3.8) is 0 Å². The summed E-state index contributed by atoms with van der Waals surface area (Å²) < 4.78 is 12.1. The highest BCUT2D eigenvalue weighted by atomic mass is 16.3. The molecule has 0 unspecified atom stereocenters. The molecule has 0 spiro atoms. The molecular formula is C20H14O2. The summed E-state index contributed by atoms with van der Waals surface area (Å²) in [5.41, 5.74) is 6.01. The molecule has 2 nitrogen and oxygen atoms in total. The maximum Gasteiger partial charge on any atom is 0.142 e. The van der Waals surface area contributed by atoms with Gasteiger partial charge in [0.1, 0.15) is 22.3 Å². The van der Waals surface area contributed by atoms with Gasteiger partial charge in [-0.05, 0) is 38.1 Å². The minimum absolute atomic E-state index is 0.921. The van der Waals surface area contributed by atoms with Gasteiger partial charge in [-0.1, -0.05) is 29.8 Å². The Bertz CT molecular complexity index is 1190. The summed E-state index contributed by atoms with van der Waals surface area (Å²) in [6.07, 6.45) is 0.